The summed E-state index contributed by atoms with van der Waals surface area (Å²) in [6.45, 7) is 3.99. The molecule has 1 rings (SSSR count). The molecule has 0 aliphatic rings. The van der Waals surface area contributed by atoms with Gasteiger partial charge in [0.1, 0.15) is 11.3 Å². The number of benzene rings is 1. The van der Waals surface area contributed by atoms with Gasteiger partial charge in [0.05, 0.1) is 11.0 Å². The second kappa shape index (κ2) is 8.21. The average molecular weight is 310 g/mol. The minimum atomic E-state index is -1.39. The van der Waals surface area contributed by atoms with Gasteiger partial charge in [-0.3, -0.25) is 10.1 Å². The Bertz CT molecular complexity index is 545. The molecule has 0 fully saturated rings. The van der Waals surface area contributed by atoms with Gasteiger partial charge < -0.3 is 15.6 Å². The molecule has 7 heteroatoms. The smallest absolute Gasteiger partial charge is 0.342 e. The van der Waals surface area contributed by atoms with Crippen molar-refractivity contribution in [1.29, 1.82) is 0 Å². The summed E-state index contributed by atoms with van der Waals surface area (Å²) in [6, 6.07) is 2.52. The number of carboxylic acid groups (broad SMARTS) is 1. The number of nitrogens with zero attached hydrogens (tertiary/aromatic N) is 1. The van der Waals surface area contributed by atoms with Gasteiger partial charge in [-0.1, -0.05) is 26.2 Å². The lowest BCUT2D eigenvalue weighted by Gasteiger charge is -2.16. The summed E-state index contributed by atoms with van der Waals surface area (Å²) in [6.07, 6.45) is 5.09. The van der Waals surface area contributed by atoms with Crippen molar-refractivity contribution in [3.05, 3.63) is 27.8 Å². The number of ether oxygens (including phenoxy) is 1. The number of hydrogen-bond acceptors (Lipinski definition) is 5. The van der Waals surface area contributed by atoms with E-state index in [2.05, 4.69) is 6.92 Å². The second-order valence-electron chi connectivity index (χ2n) is 5.21. The van der Waals surface area contributed by atoms with Gasteiger partial charge in [-0.05, 0) is 31.9 Å². The van der Waals surface area contributed by atoms with Gasteiger partial charge in [0, 0.05) is 0 Å². The maximum atomic E-state index is 11.0. The van der Waals surface area contributed by atoms with Crippen LogP contribution in [-0.2, 0) is 0 Å². The molecule has 1 atom stereocenters. The first kappa shape index (κ1) is 17.7. The van der Waals surface area contributed by atoms with Crippen LogP contribution in [0.3, 0.4) is 0 Å². The summed E-state index contributed by atoms with van der Waals surface area (Å²) >= 11 is 0. The zero-order valence-corrected chi connectivity index (χ0v) is 12.9. The summed E-state index contributed by atoms with van der Waals surface area (Å²) in [5, 5.41) is 20.0. The molecule has 3 N–H and O–H groups in total. The normalized spacial score (nSPS) is 11.9. The number of nitro groups is 1. The van der Waals surface area contributed by atoms with Crippen LogP contribution in [-0.4, -0.2) is 22.1 Å². The van der Waals surface area contributed by atoms with E-state index in [4.69, 9.17) is 15.6 Å². The fourth-order valence-corrected chi connectivity index (χ4v) is 2.20. The number of nitro benzene ring substituents is 1. The number of unbranched alkanes of at least 4 members (excludes halogenated alkanes) is 3. The average Bonchev–Trinajstić information content (AvgIpc) is 2.44. The molecule has 0 amide bonds. The van der Waals surface area contributed by atoms with Crippen LogP contribution in [0.15, 0.2) is 12.1 Å². The van der Waals surface area contributed by atoms with E-state index in [1.54, 1.807) is 0 Å². The number of nitrogen functional groups attached to an aromatic ring is 1. The Morgan fingerprint density at radius 2 is 2.09 bits per heavy atom. The van der Waals surface area contributed by atoms with Crippen molar-refractivity contribution < 1.29 is 19.6 Å². The minimum Gasteiger partial charge on any atom is -0.488 e. The van der Waals surface area contributed by atoms with Crippen LogP contribution in [0.1, 0.15) is 56.3 Å². The molecule has 0 saturated carbocycles. The number of hydrogen-bond donors (Lipinski definition) is 2. The van der Waals surface area contributed by atoms with Crippen molar-refractivity contribution in [3.8, 4) is 5.75 Å². The summed E-state index contributed by atoms with van der Waals surface area (Å²) < 4.78 is 5.63. The molecule has 7 nitrogen and oxygen atoms in total. The van der Waals surface area contributed by atoms with E-state index in [0.29, 0.717) is 0 Å². The van der Waals surface area contributed by atoms with E-state index < -0.39 is 22.1 Å². The van der Waals surface area contributed by atoms with E-state index in [-0.39, 0.29) is 17.5 Å². The van der Waals surface area contributed by atoms with Crippen LogP contribution >= 0.6 is 0 Å². The highest BCUT2D eigenvalue weighted by Gasteiger charge is 2.26. The van der Waals surface area contributed by atoms with Crippen LogP contribution in [0, 0.1) is 10.1 Å². The molecule has 122 valence electrons. The molecule has 0 heterocycles. The van der Waals surface area contributed by atoms with E-state index in [9.17, 15) is 14.9 Å². The second-order valence-corrected chi connectivity index (χ2v) is 5.21. The third-order valence-corrected chi connectivity index (χ3v) is 3.38. The number of nitrogens with two attached hydrogens (primary N) is 1. The molecule has 0 unspecified atom stereocenters. The van der Waals surface area contributed by atoms with Crippen LogP contribution in [0.25, 0.3) is 0 Å². The number of rotatable bonds is 9. The van der Waals surface area contributed by atoms with Gasteiger partial charge in [-0.15, -0.1) is 0 Å². The number of carboxylic acids is 1. The quantitative estimate of drug-likeness (QED) is 0.311. The fourth-order valence-electron chi connectivity index (χ4n) is 2.20. The van der Waals surface area contributed by atoms with Crippen molar-refractivity contribution in [3.63, 3.8) is 0 Å². The molecule has 0 aliphatic heterocycles. The highest BCUT2D eigenvalue weighted by Crippen LogP contribution is 2.35. The number of aromatic carboxylic acids is 1. The molecule has 1 aromatic rings. The Morgan fingerprint density at radius 1 is 1.41 bits per heavy atom. The SMILES string of the molecule is CCCCCC[C@@H](C)Oc1ccc(C(=O)O)c([N+](=O)[O-])c1N. The van der Waals surface area contributed by atoms with Gasteiger partial charge in [0.2, 0.25) is 0 Å². The standard InChI is InChI=1S/C15H22N2O5/c1-3-4-5-6-7-10(2)22-12-9-8-11(15(18)19)14(13(12)16)17(20)21/h8-10H,3-7,16H2,1-2H3,(H,18,19)/t10-/m1/s1. The summed E-state index contributed by atoms with van der Waals surface area (Å²) in [7, 11) is 0. The highest BCUT2D eigenvalue weighted by atomic mass is 16.6. The third-order valence-electron chi connectivity index (χ3n) is 3.38. The molecule has 0 bridgehead atoms. The maximum Gasteiger partial charge on any atom is 0.342 e. The van der Waals surface area contributed by atoms with Gasteiger partial charge in [-0.25, -0.2) is 4.79 Å². The first-order valence-corrected chi connectivity index (χ1v) is 7.35. The minimum absolute atomic E-state index is 0.144. The summed E-state index contributed by atoms with van der Waals surface area (Å²) in [4.78, 5) is 21.3. The molecular weight excluding hydrogens is 288 g/mol. The van der Waals surface area contributed by atoms with Gasteiger partial charge in [0.25, 0.3) is 0 Å². The summed E-state index contributed by atoms with van der Waals surface area (Å²) in [5.74, 6) is -1.24. The van der Waals surface area contributed by atoms with Crippen molar-refractivity contribution in [1.82, 2.24) is 0 Å². The Balaban J connectivity index is 2.86. The monoisotopic (exact) mass is 310 g/mol. The molecule has 1 aromatic carbocycles. The van der Waals surface area contributed by atoms with Crippen molar-refractivity contribution in [2.75, 3.05) is 5.73 Å². The number of anilines is 1. The van der Waals surface area contributed by atoms with Gasteiger partial charge >= 0.3 is 11.7 Å². The topological polar surface area (TPSA) is 116 Å². The van der Waals surface area contributed by atoms with E-state index in [1.807, 2.05) is 6.92 Å². The van der Waals surface area contributed by atoms with Crippen molar-refractivity contribution in [2.24, 2.45) is 0 Å². The van der Waals surface area contributed by atoms with Crippen LogP contribution in [0.4, 0.5) is 11.4 Å². The van der Waals surface area contributed by atoms with E-state index in [0.717, 1.165) is 38.2 Å². The lowest BCUT2D eigenvalue weighted by Crippen LogP contribution is -2.14. The first-order chi connectivity index (χ1) is 10.4. The molecule has 22 heavy (non-hydrogen) atoms. The summed E-state index contributed by atoms with van der Waals surface area (Å²) in [5.41, 5.74) is 4.41. The molecule has 0 aliphatic carbocycles. The molecule has 0 radical (unpaired) electrons. The predicted molar refractivity (Wildman–Crippen MR) is 83.3 cm³/mol. The molecule has 0 spiro atoms. The Labute approximate surface area is 129 Å². The maximum absolute atomic E-state index is 11.0. The highest BCUT2D eigenvalue weighted by molar-refractivity contribution is 5.96. The fraction of sp³-hybridized carbons (Fsp3) is 0.533. The Kier molecular flexibility index (Phi) is 6.62. The zero-order chi connectivity index (χ0) is 16.7. The Hall–Kier alpha value is -2.31. The van der Waals surface area contributed by atoms with E-state index in [1.165, 1.54) is 6.07 Å². The van der Waals surface area contributed by atoms with Crippen LogP contribution in [0.5, 0.6) is 5.75 Å². The Morgan fingerprint density at radius 3 is 2.64 bits per heavy atom. The molecule has 0 aromatic heterocycles. The largest absolute Gasteiger partial charge is 0.488 e. The predicted octanol–water partition coefficient (Wildman–Crippen LogP) is 3.61. The van der Waals surface area contributed by atoms with Crippen LogP contribution < -0.4 is 10.5 Å². The van der Waals surface area contributed by atoms with Crippen LogP contribution in [0.2, 0.25) is 0 Å². The van der Waals surface area contributed by atoms with Crippen molar-refractivity contribution >= 4 is 17.3 Å². The number of carbonyl (C=O) groups is 1. The molecular formula is C15H22N2O5. The van der Waals surface area contributed by atoms with Crippen molar-refractivity contribution in [2.45, 2.75) is 52.1 Å². The molecule has 0 saturated heterocycles. The first-order valence-electron chi connectivity index (χ1n) is 7.35. The third kappa shape index (κ3) is 4.61. The zero-order valence-electron chi connectivity index (χ0n) is 12.9. The lowest BCUT2D eigenvalue weighted by atomic mass is 10.1. The lowest BCUT2D eigenvalue weighted by molar-refractivity contribution is -0.384. The van der Waals surface area contributed by atoms with E-state index >= 15 is 0 Å². The van der Waals surface area contributed by atoms with Gasteiger partial charge in [0.15, 0.2) is 5.69 Å². The van der Waals surface area contributed by atoms with Gasteiger partial charge in [-0.2, -0.15) is 0 Å².